The van der Waals surface area contributed by atoms with E-state index < -0.39 is 10.0 Å². The normalized spacial score (nSPS) is 19.7. The summed E-state index contributed by atoms with van der Waals surface area (Å²) >= 11 is 0. The van der Waals surface area contributed by atoms with E-state index in [0.717, 1.165) is 25.9 Å². The number of amides is 1. The number of piperidine rings is 1. The first-order chi connectivity index (χ1) is 9.89. The molecule has 8 heteroatoms. The molecule has 1 unspecified atom stereocenters. The molecule has 1 saturated heterocycles. The Balaban J connectivity index is 2.15. The van der Waals surface area contributed by atoms with Crippen molar-refractivity contribution in [1.82, 2.24) is 15.4 Å². The van der Waals surface area contributed by atoms with Gasteiger partial charge in [-0.15, -0.1) is 0 Å². The molecular formula is C13H27N3O4S. The predicted molar refractivity (Wildman–Crippen MR) is 81.5 cm³/mol. The molecule has 1 fully saturated rings. The fraction of sp³-hybridized carbons (Fsp3) is 0.923. The summed E-state index contributed by atoms with van der Waals surface area (Å²) in [6.45, 7) is 6.11. The van der Waals surface area contributed by atoms with Crippen molar-refractivity contribution < 1.29 is 17.9 Å². The molecule has 0 spiro atoms. The van der Waals surface area contributed by atoms with Gasteiger partial charge in [-0.2, -0.15) is 0 Å². The van der Waals surface area contributed by atoms with Crippen LogP contribution in [0.2, 0.25) is 0 Å². The molecule has 124 valence electrons. The monoisotopic (exact) mass is 321 g/mol. The lowest BCUT2D eigenvalue weighted by molar-refractivity contribution is -0.120. The molecule has 0 aromatic heterocycles. The maximum Gasteiger partial charge on any atom is 0.235 e. The highest BCUT2D eigenvalue weighted by Gasteiger charge is 2.15. The van der Waals surface area contributed by atoms with Crippen molar-refractivity contribution in [3.05, 3.63) is 0 Å². The lowest BCUT2D eigenvalue weighted by atomic mass is 10.00. The minimum absolute atomic E-state index is 0.00685. The van der Waals surface area contributed by atoms with Crippen molar-refractivity contribution in [2.24, 2.45) is 5.92 Å². The van der Waals surface area contributed by atoms with Gasteiger partial charge in [-0.3, -0.25) is 4.79 Å². The average molecular weight is 321 g/mol. The van der Waals surface area contributed by atoms with Crippen LogP contribution in [0.4, 0.5) is 0 Å². The summed E-state index contributed by atoms with van der Waals surface area (Å²) in [5.74, 6) is -0.00182. The molecule has 0 radical (unpaired) electrons. The molecule has 1 rings (SSSR count). The molecule has 1 aliphatic rings. The maximum absolute atomic E-state index is 11.6. The zero-order valence-corrected chi connectivity index (χ0v) is 13.7. The van der Waals surface area contributed by atoms with Crippen molar-refractivity contribution in [3.63, 3.8) is 0 Å². The third-order valence-electron chi connectivity index (χ3n) is 3.24. The SMILES string of the molecule is CC(C)OCCS(=O)(=O)NCC(=O)NCC1CCCNC1. The molecule has 1 amide bonds. The van der Waals surface area contributed by atoms with Crippen LogP contribution in [0.5, 0.6) is 0 Å². The van der Waals surface area contributed by atoms with Gasteiger partial charge in [-0.25, -0.2) is 13.1 Å². The number of nitrogens with one attached hydrogen (secondary N) is 3. The Morgan fingerprint density at radius 1 is 1.43 bits per heavy atom. The van der Waals surface area contributed by atoms with E-state index in [1.54, 1.807) is 0 Å². The Morgan fingerprint density at radius 2 is 2.19 bits per heavy atom. The van der Waals surface area contributed by atoms with Crippen LogP contribution in [0.3, 0.4) is 0 Å². The van der Waals surface area contributed by atoms with Gasteiger partial charge in [0.05, 0.1) is 25.0 Å². The summed E-state index contributed by atoms with van der Waals surface area (Å²) in [5, 5.41) is 6.03. The van der Waals surface area contributed by atoms with Crippen molar-refractivity contribution in [3.8, 4) is 0 Å². The smallest absolute Gasteiger partial charge is 0.235 e. The molecule has 0 aromatic rings. The summed E-state index contributed by atoms with van der Waals surface area (Å²) in [6, 6.07) is 0. The van der Waals surface area contributed by atoms with E-state index in [0.29, 0.717) is 12.5 Å². The van der Waals surface area contributed by atoms with Crippen LogP contribution in [-0.2, 0) is 19.6 Å². The largest absolute Gasteiger partial charge is 0.378 e. The van der Waals surface area contributed by atoms with Crippen LogP contribution >= 0.6 is 0 Å². The second-order valence-electron chi connectivity index (χ2n) is 5.58. The van der Waals surface area contributed by atoms with E-state index in [-0.39, 0.29) is 30.9 Å². The summed E-state index contributed by atoms with van der Waals surface area (Å²) in [4.78, 5) is 11.6. The van der Waals surface area contributed by atoms with Crippen molar-refractivity contribution in [2.75, 3.05) is 38.5 Å². The summed E-state index contributed by atoms with van der Waals surface area (Å²) in [7, 11) is -3.46. The predicted octanol–water partition coefficient (Wildman–Crippen LogP) is -0.553. The first-order valence-electron chi connectivity index (χ1n) is 7.45. The third kappa shape index (κ3) is 9.02. The van der Waals surface area contributed by atoms with E-state index in [1.165, 1.54) is 0 Å². The molecule has 0 saturated carbocycles. The molecular weight excluding hydrogens is 294 g/mol. The van der Waals surface area contributed by atoms with Gasteiger partial charge in [-0.05, 0) is 45.7 Å². The summed E-state index contributed by atoms with van der Waals surface area (Å²) in [6.07, 6.45) is 2.20. The first kappa shape index (κ1) is 18.3. The van der Waals surface area contributed by atoms with E-state index in [2.05, 4.69) is 15.4 Å². The van der Waals surface area contributed by atoms with E-state index in [1.807, 2.05) is 13.8 Å². The standard InChI is InChI=1S/C13H27N3O4S/c1-11(2)20-6-7-21(18,19)16-10-13(17)15-9-12-4-3-5-14-8-12/h11-12,14,16H,3-10H2,1-2H3,(H,15,17). The topological polar surface area (TPSA) is 96.5 Å². The Bertz CT molecular complexity index is 406. The molecule has 3 N–H and O–H groups in total. The minimum atomic E-state index is -3.46. The quantitative estimate of drug-likeness (QED) is 0.529. The summed E-state index contributed by atoms with van der Waals surface area (Å²) < 4.78 is 30.8. The molecule has 21 heavy (non-hydrogen) atoms. The van der Waals surface area contributed by atoms with E-state index >= 15 is 0 Å². The highest BCUT2D eigenvalue weighted by Crippen LogP contribution is 2.07. The fourth-order valence-corrected chi connectivity index (χ4v) is 2.87. The van der Waals surface area contributed by atoms with Crippen LogP contribution < -0.4 is 15.4 Å². The minimum Gasteiger partial charge on any atom is -0.378 e. The number of carbonyl (C=O) groups excluding carboxylic acids is 1. The molecule has 0 bridgehead atoms. The number of ether oxygens (including phenoxy) is 1. The lowest BCUT2D eigenvalue weighted by Gasteiger charge is -2.22. The molecule has 1 aliphatic heterocycles. The van der Waals surface area contributed by atoms with E-state index in [4.69, 9.17) is 4.74 Å². The molecule has 0 aromatic carbocycles. The Hall–Kier alpha value is -0.700. The van der Waals surface area contributed by atoms with Gasteiger partial charge in [-0.1, -0.05) is 0 Å². The molecule has 1 heterocycles. The van der Waals surface area contributed by atoms with Crippen LogP contribution in [0.15, 0.2) is 0 Å². The zero-order valence-electron chi connectivity index (χ0n) is 12.9. The van der Waals surface area contributed by atoms with Gasteiger partial charge in [0.25, 0.3) is 0 Å². The van der Waals surface area contributed by atoms with Crippen molar-refractivity contribution in [1.29, 1.82) is 0 Å². The maximum atomic E-state index is 11.6. The van der Waals surface area contributed by atoms with Crippen LogP contribution in [0, 0.1) is 5.92 Å². The molecule has 7 nitrogen and oxygen atoms in total. The fourth-order valence-electron chi connectivity index (χ4n) is 2.06. The van der Waals surface area contributed by atoms with Crippen molar-refractivity contribution >= 4 is 15.9 Å². The van der Waals surface area contributed by atoms with Gasteiger partial charge >= 0.3 is 0 Å². The number of carbonyl (C=O) groups is 1. The third-order valence-corrected chi connectivity index (χ3v) is 4.53. The molecule has 1 atom stereocenters. The zero-order chi connectivity index (χ0) is 15.7. The van der Waals surface area contributed by atoms with Gasteiger partial charge in [0.2, 0.25) is 15.9 Å². The van der Waals surface area contributed by atoms with Gasteiger partial charge in [0.1, 0.15) is 0 Å². The number of hydrogen-bond donors (Lipinski definition) is 3. The highest BCUT2D eigenvalue weighted by atomic mass is 32.2. The van der Waals surface area contributed by atoms with Crippen molar-refractivity contribution in [2.45, 2.75) is 32.8 Å². The van der Waals surface area contributed by atoms with Crippen LogP contribution in [0.1, 0.15) is 26.7 Å². The number of sulfonamides is 1. The second-order valence-corrected chi connectivity index (χ2v) is 7.50. The number of rotatable bonds is 9. The second kappa shape index (κ2) is 9.34. The van der Waals surface area contributed by atoms with Gasteiger partial charge in [0, 0.05) is 6.54 Å². The average Bonchev–Trinajstić information content (AvgIpc) is 2.43. The highest BCUT2D eigenvalue weighted by molar-refractivity contribution is 7.89. The van der Waals surface area contributed by atoms with Gasteiger partial charge < -0.3 is 15.4 Å². The number of hydrogen-bond acceptors (Lipinski definition) is 5. The van der Waals surface area contributed by atoms with Crippen LogP contribution in [-0.4, -0.2) is 59.0 Å². The first-order valence-corrected chi connectivity index (χ1v) is 9.10. The van der Waals surface area contributed by atoms with Gasteiger partial charge in [0.15, 0.2) is 0 Å². The van der Waals surface area contributed by atoms with Crippen LogP contribution in [0.25, 0.3) is 0 Å². The Morgan fingerprint density at radius 3 is 2.81 bits per heavy atom. The Labute approximate surface area is 127 Å². The lowest BCUT2D eigenvalue weighted by Crippen LogP contribution is -2.42. The van der Waals surface area contributed by atoms with E-state index in [9.17, 15) is 13.2 Å². The Kier molecular flexibility index (Phi) is 8.16. The summed E-state index contributed by atoms with van der Waals surface area (Å²) in [5.41, 5.74) is 0. The molecule has 0 aliphatic carbocycles.